The summed E-state index contributed by atoms with van der Waals surface area (Å²) in [5.41, 5.74) is 2.74. The second-order valence-electron chi connectivity index (χ2n) is 6.09. The van der Waals surface area contributed by atoms with Crippen LogP contribution in [-0.4, -0.2) is 16.8 Å². The summed E-state index contributed by atoms with van der Waals surface area (Å²) in [4.78, 5) is 27.9. The monoisotopic (exact) mass is 394 g/mol. The maximum absolute atomic E-state index is 12.5. The third kappa shape index (κ3) is 5.31. The van der Waals surface area contributed by atoms with Gasteiger partial charge in [-0.3, -0.25) is 9.59 Å². The average Bonchev–Trinajstić information content (AvgIpc) is 2.67. The Morgan fingerprint density at radius 2 is 1.79 bits per heavy atom. The number of carbonyl (C=O) groups excluding carboxylic acids is 2. The number of amides is 2. The van der Waals surface area contributed by atoms with Crippen molar-refractivity contribution in [2.24, 2.45) is 0 Å². The second kappa shape index (κ2) is 9.01. The standard InChI is InChI=1S/C21H19ClN4O2/c1-14(27)25-17-6-4-7-18(12-17)26-20-11-15(9-10-23-20)21(28)24-13-16-5-2-3-8-19(16)22/h2-12H,13H2,1H3,(H,23,26)(H,24,28)(H,25,27). The van der Waals surface area contributed by atoms with Crippen LogP contribution >= 0.6 is 11.6 Å². The predicted octanol–water partition coefficient (Wildman–Crippen LogP) is 4.37. The molecule has 2 amide bonds. The Bertz CT molecular complexity index is 1010. The van der Waals surface area contributed by atoms with Crippen molar-refractivity contribution in [2.45, 2.75) is 13.5 Å². The van der Waals surface area contributed by atoms with E-state index in [9.17, 15) is 9.59 Å². The topological polar surface area (TPSA) is 83.1 Å². The highest BCUT2D eigenvalue weighted by molar-refractivity contribution is 6.31. The highest BCUT2D eigenvalue weighted by Crippen LogP contribution is 2.20. The van der Waals surface area contributed by atoms with Crippen LogP contribution < -0.4 is 16.0 Å². The number of benzene rings is 2. The predicted molar refractivity (Wildman–Crippen MR) is 111 cm³/mol. The van der Waals surface area contributed by atoms with Crippen LogP contribution in [-0.2, 0) is 11.3 Å². The summed E-state index contributed by atoms with van der Waals surface area (Å²) in [6, 6.07) is 17.9. The minimum atomic E-state index is -0.225. The van der Waals surface area contributed by atoms with Gasteiger partial charge in [0.1, 0.15) is 5.82 Å². The molecule has 1 heterocycles. The molecule has 7 heteroatoms. The molecule has 3 rings (SSSR count). The number of hydrogen-bond donors (Lipinski definition) is 3. The molecule has 0 radical (unpaired) electrons. The molecule has 0 bridgehead atoms. The van der Waals surface area contributed by atoms with Gasteiger partial charge in [0.15, 0.2) is 0 Å². The van der Waals surface area contributed by atoms with Gasteiger partial charge in [0.2, 0.25) is 5.91 Å². The van der Waals surface area contributed by atoms with Crippen molar-refractivity contribution in [3.05, 3.63) is 83.0 Å². The fourth-order valence-electron chi connectivity index (χ4n) is 2.59. The maximum atomic E-state index is 12.5. The summed E-state index contributed by atoms with van der Waals surface area (Å²) in [6.07, 6.45) is 1.56. The third-order valence-electron chi connectivity index (χ3n) is 3.87. The molecular formula is C21H19ClN4O2. The molecule has 142 valence electrons. The van der Waals surface area contributed by atoms with Gasteiger partial charge < -0.3 is 16.0 Å². The van der Waals surface area contributed by atoms with E-state index in [0.29, 0.717) is 28.6 Å². The van der Waals surface area contributed by atoms with Crippen molar-refractivity contribution in [3.63, 3.8) is 0 Å². The molecule has 0 saturated carbocycles. The molecule has 28 heavy (non-hydrogen) atoms. The molecule has 0 unspecified atom stereocenters. The van der Waals surface area contributed by atoms with E-state index in [1.807, 2.05) is 30.3 Å². The first-order chi connectivity index (χ1) is 13.5. The molecule has 3 aromatic rings. The van der Waals surface area contributed by atoms with E-state index < -0.39 is 0 Å². The van der Waals surface area contributed by atoms with E-state index in [1.54, 1.807) is 36.5 Å². The molecular weight excluding hydrogens is 376 g/mol. The number of halogens is 1. The van der Waals surface area contributed by atoms with Gasteiger partial charge in [0, 0.05) is 41.6 Å². The number of carbonyl (C=O) groups is 2. The molecule has 0 aliphatic carbocycles. The van der Waals surface area contributed by atoms with Crippen LogP contribution in [0.5, 0.6) is 0 Å². The number of anilines is 3. The average molecular weight is 395 g/mol. The van der Waals surface area contributed by atoms with Gasteiger partial charge in [-0.05, 0) is 42.0 Å². The number of hydrogen-bond acceptors (Lipinski definition) is 4. The second-order valence-corrected chi connectivity index (χ2v) is 6.50. The molecule has 0 fully saturated rings. The first-order valence-electron chi connectivity index (χ1n) is 8.63. The van der Waals surface area contributed by atoms with Crippen molar-refractivity contribution in [1.82, 2.24) is 10.3 Å². The molecule has 6 nitrogen and oxygen atoms in total. The SMILES string of the molecule is CC(=O)Nc1cccc(Nc2cc(C(=O)NCc3ccccc3Cl)ccn2)c1. The van der Waals surface area contributed by atoms with Crippen LogP contribution in [0.15, 0.2) is 66.9 Å². The summed E-state index contributed by atoms with van der Waals surface area (Å²) in [5, 5.41) is 9.32. The van der Waals surface area contributed by atoms with Crippen LogP contribution in [0.1, 0.15) is 22.8 Å². The Labute approximate surface area is 168 Å². The third-order valence-corrected chi connectivity index (χ3v) is 4.24. The lowest BCUT2D eigenvalue weighted by molar-refractivity contribution is -0.114. The largest absolute Gasteiger partial charge is 0.348 e. The van der Waals surface area contributed by atoms with Gasteiger partial charge in [0.05, 0.1) is 0 Å². The summed E-state index contributed by atoms with van der Waals surface area (Å²) in [7, 11) is 0. The Kier molecular flexibility index (Phi) is 6.24. The first-order valence-corrected chi connectivity index (χ1v) is 9.01. The Hall–Kier alpha value is -3.38. The van der Waals surface area contributed by atoms with Crippen molar-refractivity contribution in [2.75, 3.05) is 10.6 Å². The van der Waals surface area contributed by atoms with E-state index >= 15 is 0 Å². The minimum absolute atomic E-state index is 0.146. The van der Waals surface area contributed by atoms with Crippen LogP contribution in [0.3, 0.4) is 0 Å². The highest BCUT2D eigenvalue weighted by atomic mass is 35.5. The van der Waals surface area contributed by atoms with Gasteiger partial charge in [-0.2, -0.15) is 0 Å². The molecule has 0 aliphatic heterocycles. The van der Waals surface area contributed by atoms with Gasteiger partial charge >= 0.3 is 0 Å². The Balaban J connectivity index is 1.67. The van der Waals surface area contributed by atoms with Gasteiger partial charge in [0.25, 0.3) is 5.91 Å². The van der Waals surface area contributed by atoms with E-state index in [4.69, 9.17) is 11.6 Å². The fraction of sp³-hybridized carbons (Fsp3) is 0.0952. The van der Waals surface area contributed by atoms with E-state index in [2.05, 4.69) is 20.9 Å². The van der Waals surface area contributed by atoms with Crippen LogP contribution in [0.4, 0.5) is 17.2 Å². The summed E-state index contributed by atoms with van der Waals surface area (Å²) >= 11 is 6.12. The Morgan fingerprint density at radius 1 is 1.00 bits per heavy atom. The van der Waals surface area contributed by atoms with Crippen molar-refractivity contribution >= 4 is 40.6 Å². The molecule has 0 atom stereocenters. The lowest BCUT2D eigenvalue weighted by Gasteiger charge is -2.10. The minimum Gasteiger partial charge on any atom is -0.348 e. The number of aromatic nitrogens is 1. The zero-order valence-corrected chi connectivity index (χ0v) is 16.0. The normalized spacial score (nSPS) is 10.2. The molecule has 0 saturated heterocycles. The maximum Gasteiger partial charge on any atom is 0.251 e. The molecule has 3 N–H and O–H groups in total. The van der Waals surface area contributed by atoms with E-state index in [1.165, 1.54) is 6.92 Å². The quantitative estimate of drug-likeness (QED) is 0.579. The number of nitrogens with one attached hydrogen (secondary N) is 3. The highest BCUT2D eigenvalue weighted by Gasteiger charge is 2.08. The molecule has 2 aromatic carbocycles. The fourth-order valence-corrected chi connectivity index (χ4v) is 2.79. The van der Waals surface area contributed by atoms with Crippen LogP contribution in [0, 0.1) is 0 Å². The Morgan fingerprint density at radius 3 is 2.57 bits per heavy atom. The summed E-state index contributed by atoms with van der Waals surface area (Å²) < 4.78 is 0. The molecule has 0 aliphatic rings. The number of nitrogens with zero attached hydrogens (tertiary/aromatic N) is 1. The molecule has 0 spiro atoms. The van der Waals surface area contributed by atoms with Gasteiger partial charge in [-0.15, -0.1) is 0 Å². The number of pyridine rings is 1. The van der Waals surface area contributed by atoms with Gasteiger partial charge in [-0.1, -0.05) is 35.9 Å². The van der Waals surface area contributed by atoms with Crippen molar-refractivity contribution in [1.29, 1.82) is 0 Å². The zero-order valence-electron chi connectivity index (χ0n) is 15.2. The van der Waals surface area contributed by atoms with E-state index in [0.717, 1.165) is 11.3 Å². The van der Waals surface area contributed by atoms with Crippen LogP contribution in [0.2, 0.25) is 5.02 Å². The van der Waals surface area contributed by atoms with Crippen molar-refractivity contribution in [3.8, 4) is 0 Å². The first kappa shape index (κ1) is 19.4. The van der Waals surface area contributed by atoms with E-state index in [-0.39, 0.29) is 11.8 Å². The summed E-state index contributed by atoms with van der Waals surface area (Å²) in [5.74, 6) is 0.148. The molecule has 1 aromatic heterocycles. The van der Waals surface area contributed by atoms with Crippen LogP contribution in [0.25, 0.3) is 0 Å². The number of rotatable bonds is 6. The van der Waals surface area contributed by atoms with Crippen molar-refractivity contribution < 1.29 is 9.59 Å². The lowest BCUT2D eigenvalue weighted by atomic mass is 10.2. The lowest BCUT2D eigenvalue weighted by Crippen LogP contribution is -2.23. The van der Waals surface area contributed by atoms with Gasteiger partial charge in [-0.25, -0.2) is 4.98 Å². The smallest absolute Gasteiger partial charge is 0.251 e. The summed E-state index contributed by atoms with van der Waals surface area (Å²) in [6.45, 7) is 1.79. The zero-order chi connectivity index (χ0) is 19.9.